The number of rotatable bonds is 10. The molecule has 0 spiro atoms. The van der Waals surface area contributed by atoms with Crippen molar-refractivity contribution in [3.05, 3.63) is 12.2 Å². The quantitative estimate of drug-likeness (QED) is 0.383. The maximum atomic E-state index is 10.1. The first kappa shape index (κ1) is 14.4. The van der Waals surface area contributed by atoms with Crippen LogP contribution in [0, 0.1) is 5.92 Å². The second-order valence-corrected chi connectivity index (χ2v) is 4.29. The second-order valence-electron chi connectivity index (χ2n) is 4.29. The average molecular weight is 210 g/mol. The number of carbonyl (C=O) groups excluding carboxylic acids is 1. The van der Waals surface area contributed by atoms with Crippen LogP contribution in [-0.2, 0) is 4.79 Å². The maximum Gasteiger partial charge on any atom is 0.142 e. The largest absolute Gasteiger partial charge is 0.299 e. The number of hydrogen-bond donors (Lipinski definition) is 0. The van der Waals surface area contributed by atoms with Crippen molar-refractivity contribution in [1.29, 1.82) is 0 Å². The smallest absolute Gasteiger partial charge is 0.142 e. The Bertz CT molecular complexity index is 153. The van der Waals surface area contributed by atoms with Crippen molar-refractivity contribution >= 4 is 6.29 Å². The molecule has 0 fully saturated rings. The molecule has 0 aromatic heterocycles. The van der Waals surface area contributed by atoms with Gasteiger partial charge in [0.2, 0.25) is 0 Å². The standard InChI is InChI=1S/C14H26O/c1-3-5-10-14(11-6-4-2)12-8-7-9-13-15/h7,9,13-14H,3-6,8,10-12H2,1-2H3/b9-7-. The summed E-state index contributed by atoms with van der Waals surface area (Å²) in [5.41, 5.74) is 0. The molecular formula is C14H26O. The minimum atomic E-state index is 0.868. The van der Waals surface area contributed by atoms with Gasteiger partial charge in [0.25, 0.3) is 0 Å². The molecule has 0 bridgehead atoms. The zero-order valence-electron chi connectivity index (χ0n) is 10.4. The Balaban J connectivity index is 3.67. The molecule has 1 heteroatoms. The molecule has 0 atom stereocenters. The Morgan fingerprint density at radius 1 is 1.00 bits per heavy atom. The van der Waals surface area contributed by atoms with Gasteiger partial charge in [-0.05, 0) is 24.8 Å². The number of aldehydes is 1. The van der Waals surface area contributed by atoms with Gasteiger partial charge in [0.1, 0.15) is 6.29 Å². The SMILES string of the molecule is CCCCC(CC/C=C\C=O)CCCC. The maximum absolute atomic E-state index is 10.1. The van der Waals surface area contributed by atoms with E-state index >= 15 is 0 Å². The fourth-order valence-electron chi connectivity index (χ4n) is 1.90. The first-order chi connectivity index (χ1) is 7.35. The summed E-state index contributed by atoms with van der Waals surface area (Å²) in [4.78, 5) is 10.1. The van der Waals surface area contributed by atoms with Crippen LogP contribution in [0.1, 0.15) is 65.2 Å². The van der Waals surface area contributed by atoms with E-state index in [2.05, 4.69) is 13.8 Å². The topological polar surface area (TPSA) is 17.1 Å². The van der Waals surface area contributed by atoms with Gasteiger partial charge in [0.05, 0.1) is 0 Å². The van der Waals surface area contributed by atoms with E-state index in [9.17, 15) is 4.79 Å². The van der Waals surface area contributed by atoms with Gasteiger partial charge < -0.3 is 0 Å². The molecule has 15 heavy (non-hydrogen) atoms. The molecule has 0 amide bonds. The van der Waals surface area contributed by atoms with E-state index in [4.69, 9.17) is 0 Å². The van der Waals surface area contributed by atoms with E-state index in [1.165, 1.54) is 44.9 Å². The predicted molar refractivity (Wildman–Crippen MR) is 67.0 cm³/mol. The zero-order valence-corrected chi connectivity index (χ0v) is 10.4. The van der Waals surface area contributed by atoms with Crippen molar-refractivity contribution in [2.45, 2.75) is 65.2 Å². The lowest BCUT2D eigenvalue weighted by Gasteiger charge is -2.14. The molecule has 0 N–H and O–H groups in total. The average Bonchev–Trinajstić information content (AvgIpc) is 2.27. The van der Waals surface area contributed by atoms with E-state index in [0.717, 1.165) is 18.6 Å². The van der Waals surface area contributed by atoms with Crippen LogP contribution in [0.5, 0.6) is 0 Å². The van der Waals surface area contributed by atoms with Gasteiger partial charge in [-0.15, -0.1) is 0 Å². The summed E-state index contributed by atoms with van der Waals surface area (Å²) in [5, 5.41) is 0. The minimum absolute atomic E-state index is 0.868. The van der Waals surface area contributed by atoms with Crippen LogP contribution in [0.2, 0.25) is 0 Å². The highest BCUT2D eigenvalue weighted by Gasteiger charge is 2.06. The van der Waals surface area contributed by atoms with Gasteiger partial charge in [-0.2, -0.15) is 0 Å². The minimum Gasteiger partial charge on any atom is -0.299 e. The van der Waals surface area contributed by atoms with Gasteiger partial charge in [0, 0.05) is 0 Å². The normalized spacial score (nSPS) is 11.4. The van der Waals surface area contributed by atoms with E-state index < -0.39 is 0 Å². The Labute approximate surface area is 95.0 Å². The lowest BCUT2D eigenvalue weighted by molar-refractivity contribution is -0.104. The van der Waals surface area contributed by atoms with Gasteiger partial charge >= 0.3 is 0 Å². The highest BCUT2D eigenvalue weighted by atomic mass is 16.1. The van der Waals surface area contributed by atoms with Crippen molar-refractivity contribution in [3.63, 3.8) is 0 Å². The second kappa shape index (κ2) is 11.5. The third-order valence-electron chi connectivity index (χ3n) is 2.89. The number of allylic oxidation sites excluding steroid dienone is 2. The first-order valence-corrected chi connectivity index (χ1v) is 6.45. The van der Waals surface area contributed by atoms with Crippen LogP contribution in [0.3, 0.4) is 0 Å². The molecule has 0 unspecified atom stereocenters. The molecule has 1 nitrogen and oxygen atoms in total. The first-order valence-electron chi connectivity index (χ1n) is 6.45. The fourth-order valence-corrected chi connectivity index (χ4v) is 1.90. The number of carbonyl (C=O) groups is 1. The summed E-state index contributed by atoms with van der Waals surface area (Å²) >= 11 is 0. The van der Waals surface area contributed by atoms with Crippen LogP contribution in [-0.4, -0.2) is 6.29 Å². The van der Waals surface area contributed by atoms with Crippen molar-refractivity contribution in [2.75, 3.05) is 0 Å². The summed E-state index contributed by atoms with van der Waals surface area (Å²) < 4.78 is 0. The molecule has 0 aliphatic carbocycles. The fraction of sp³-hybridized carbons (Fsp3) is 0.786. The Morgan fingerprint density at radius 2 is 1.60 bits per heavy atom. The summed E-state index contributed by atoms with van der Waals surface area (Å²) in [6.07, 6.45) is 14.8. The Hall–Kier alpha value is -0.590. The number of unbranched alkanes of at least 4 members (excludes halogenated alkanes) is 2. The number of hydrogen-bond acceptors (Lipinski definition) is 1. The summed E-state index contributed by atoms with van der Waals surface area (Å²) in [5.74, 6) is 0.876. The molecule has 0 rings (SSSR count). The van der Waals surface area contributed by atoms with Crippen LogP contribution in [0.15, 0.2) is 12.2 Å². The summed E-state index contributed by atoms with van der Waals surface area (Å²) in [6, 6.07) is 0. The molecule has 88 valence electrons. The van der Waals surface area contributed by atoms with E-state index in [-0.39, 0.29) is 0 Å². The zero-order chi connectivity index (χ0) is 11.4. The van der Waals surface area contributed by atoms with Crippen molar-refractivity contribution in [1.82, 2.24) is 0 Å². The molecule has 0 heterocycles. The molecule has 0 radical (unpaired) electrons. The summed E-state index contributed by atoms with van der Waals surface area (Å²) in [6.45, 7) is 4.51. The lowest BCUT2D eigenvalue weighted by Crippen LogP contribution is -2.00. The van der Waals surface area contributed by atoms with Crippen molar-refractivity contribution < 1.29 is 4.79 Å². The van der Waals surface area contributed by atoms with Gasteiger partial charge in [-0.1, -0.05) is 58.4 Å². The highest BCUT2D eigenvalue weighted by Crippen LogP contribution is 2.21. The van der Waals surface area contributed by atoms with Crippen LogP contribution < -0.4 is 0 Å². The highest BCUT2D eigenvalue weighted by molar-refractivity contribution is 5.64. The predicted octanol–water partition coefficient (Wildman–Crippen LogP) is 4.52. The third-order valence-corrected chi connectivity index (χ3v) is 2.89. The molecule has 0 aromatic rings. The van der Waals surface area contributed by atoms with Gasteiger partial charge in [-0.25, -0.2) is 0 Å². The van der Waals surface area contributed by atoms with Crippen molar-refractivity contribution in [2.24, 2.45) is 5.92 Å². The van der Waals surface area contributed by atoms with Crippen LogP contribution in [0.4, 0.5) is 0 Å². The molecule has 0 saturated carbocycles. The molecule has 0 aromatic carbocycles. The summed E-state index contributed by atoms with van der Waals surface area (Å²) in [7, 11) is 0. The lowest BCUT2D eigenvalue weighted by atomic mass is 9.91. The van der Waals surface area contributed by atoms with Crippen LogP contribution >= 0.6 is 0 Å². The molecule has 0 aliphatic rings. The molecule has 0 saturated heterocycles. The van der Waals surface area contributed by atoms with E-state index in [1.807, 2.05) is 6.08 Å². The Morgan fingerprint density at radius 3 is 2.07 bits per heavy atom. The van der Waals surface area contributed by atoms with E-state index in [0.29, 0.717) is 0 Å². The Kier molecular flexibility index (Phi) is 11.0. The van der Waals surface area contributed by atoms with Crippen molar-refractivity contribution in [3.8, 4) is 0 Å². The molecule has 0 aliphatic heterocycles. The van der Waals surface area contributed by atoms with Gasteiger partial charge in [-0.3, -0.25) is 4.79 Å². The van der Waals surface area contributed by atoms with E-state index in [1.54, 1.807) is 6.08 Å². The van der Waals surface area contributed by atoms with Crippen LogP contribution in [0.25, 0.3) is 0 Å². The van der Waals surface area contributed by atoms with Gasteiger partial charge in [0.15, 0.2) is 0 Å². The monoisotopic (exact) mass is 210 g/mol. The third kappa shape index (κ3) is 9.71. The molecular weight excluding hydrogens is 184 g/mol.